The molecule has 1 unspecified atom stereocenters. The number of sulfonamides is 1. The lowest BCUT2D eigenvalue weighted by Crippen LogP contribution is -2.30. The van der Waals surface area contributed by atoms with Gasteiger partial charge in [0.2, 0.25) is 10.0 Å². The smallest absolute Gasteiger partial charge is 0.240 e. The highest BCUT2D eigenvalue weighted by Crippen LogP contribution is 2.13. The van der Waals surface area contributed by atoms with Crippen LogP contribution in [-0.2, 0) is 16.4 Å². The van der Waals surface area contributed by atoms with E-state index in [0.29, 0.717) is 17.5 Å². The number of nitrogens with one attached hydrogen (secondary N) is 2. The Balaban J connectivity index is 1.88. The van der Waals surface area contributed by atoms with Crippen LogP contribution in [0.15, 0.2) is 29.2 Å². The van der Waals surface area contributed by atoms with E-state index in [4.69, 9.17) is 0 Å². The lowest BCUT2D eigenvalue weighted by molar-refractivity contribution is 0.539. The molecule has 1 aliphatic rings. The average molecular weight is 296 g/mol. The summed E-state index contributed by atoms with van der Waals surface area (Å²) in [6, 6.07) is 7.65. The molecule has 0 radical (unpaired) electrons. The van der Waals surface area contributed by atoms with E-state index in [0.717, 1.165) is 32.2 Å². The molecule has 1 atom stereocenters. The molecule has 0 spiro atoms. The first-order valence-corrected chi connectivity index (χ1v) is 8.92. The normalized spacial score (nSPS) is 19.4. The van der Waals surface area contributed by atoms with E-state index in [2.05, 4.69) is 17.0 Å². The van der Waals surface area contributed by atoms with Crippen molar-refractivity contribution < 1.29 is 8.42 Å². The Morgan fingerprint density at radius 1 is 1.30 bits per heavy atom. The largest absolute Gasteiger partial charge is 0.314 e. The minimum absolute atomic E-state index is 0.358. The van der Waals surface area contributed by atoms with E-state index in [9.17, 15) is 8.42 Å². The molecule has 2 rings (SSSR count). The van der Waals surface area contributed by atoms with E-state index in [-0.39, 0.29) is 0 Å². The van der Waals surface area contributed by atoms with E-state index in [1.807, 2.05) is 12.1 Å². The fourth-order valence-electron chi connectivity index (χ4n) is 2.58. The molecule has 20 heavy (non-hydrogen) atoms. The van der Waals surface area contributed by atoms with Crippen LogP contribution < -0.4 is 10.0 Å². The predicted octanol–water partition coefficient (Wildman–Crippen LogP) is 2.06. The lowest BCUT2D eigenvalue weighted by Gasteiger charge is -2.11. The van der Waals surface area contributed by atoms with E-state index < -0.39 is 10.0 Å². The highest BCUT2D eigenvalue weighted by molar-refractivity contribution is 7.89. The molecule has 0 aliphatic carbocycles. The fourth-order valence-corrected chi connectivity index (χ4v) is 3.63. The van der Waals surface area contributed by atoms with Gasteiger partial charge in [-0.2, -0.15) is 0 Å². The Bertz CT molecular complexity index is 505. The van der Waals surface area contributed by atoms with Crippen molar-refractivity contribution in [2.45, 2.75) is 50.0 Å². The highest BCUT2D eigenvalue weighted by Gasteiger charge is 2.17. The number of hydrogen-bond donors (Lipinski definition) is 2. The zero-order chi connectivity index (χ0) is 14.4. The summed E-state index contributed by atoms with van der Waals surface area (Å²) in [5, 5.41) is 3.37. The van der Waals surface area contributed by atoms with Crippen LogP contribution in [0.5, 0.6) is 0 Å². The Kier molecular flexibility index (Phi) is 5.57. The maximum absolute atomic E-state index is 12.1. The van der Waals surface area contributed by atoms with Gasteiger partial charge in [0.25, 0.3) is 0 Å². The Morgan fingerprint density at radius 2 is 2.05 bits per heavy atom. The molecule has 112 valence electrons. The maximum atomic E-state index is 12.1. The van der Waals surface area contributed by atoms with Crippen molar-refractivity contribution in [1.29, 1.82) is 0 Å². The molecule has 0 amide bonds. The molecule has 1 fully saturated rings. The standard InChI is InChI=1S/C15H24N2O2S/c1-2-4-13-6-8-15(9-7-13)20(18,19)17-12-10-14-5-3-11-16-14/h6-9,14,16-17H,2-5,10-12H2,1H3. The quantitative estimate of drug-likeness (QED) is 0.810. The molecule has 4 nitrogen and oxygen atoms in total. The minimum atomic E-state index is -3.36. The van der Waals surface area contributed by atoms with Gasteiger partial charge in [-0.25, -0.2) is 13.1 Å². The summed E-state index contributed by atoms with van der Waals surface area (Å²) in [6.45, 7) is 3.66. The third-order valence-corrected chi connectivity index (χ3v) is 5.20. The van der Waals surface area contributed by atoms with Crippen molar-refractivity contribution in [1.82, 2.24) is 10.0 Å². The third-order valence-electron chi connectivity index (χ3n) is 3.72. The predicted molar refractivity (Wildman–Crippen MR) is 81.3 cm³/mol. The summed E-state index contributed by atoms with van der Waals surface area (Å²) in [5.41, 5.74) is 1.18. The van der Waals surface area contributed by atoms with Gasteiger partial charge in [0.05, 0.1) is 4.90 Å². The molecular weight excluding hydrogens is 272 g/mol. The van der Waals surface area contributed by atoms with Gasteiger partial charge in [-0.3, -0.25) is 0 Å². The van der Waals surface area contributed by atoms with Crippen LogP contribution in [-0.4, -0.2) is 27.5 Å². The van der Waals surface area contributed by atoms with Gasteiger partial charge in [0.1, 0.15) is 0 Å². The molecular formula is C15H24N2O2S. The highest BCUT2D eigenvalue weighted by atomic mass is 32.2. The second-order valence-electron chi connectivity index (χ2n) is 5.37. The zero-order valence-corrected chi connectivity index (χ0v) is 12.9. The van der Waals surface area contributed by atoms with Crippen LogP contribution in [0, 0.1) is 0 Å². The number of aryl methyl sites for hydroxylation is 1. The molecule has 1 heterocycles. The number of benzene rings is 1. The van der Waals surface area contributed by atoms with Gasteiger partial charge in [0.15, 0.2) is 0 Å². The third kappa shape index (κ3) is 4.30. The summed E-state index contributed by atoms with van der Waals surface area (Å²) in [4.78, 5) is 0.358. The van der Waals surface area contributed by atoms with E-state index >= 15 is 0 Å². The van der Waals surface area contributed by atoms with Crippen LogP contribution in [0.25, 0.3) is 0 Å². The minimum Gasteiger partial charge on any atom is -0.314 e. The van der Waals surface area contributed by atoms with Gasteiger partial charge >= 0.3 is 0 Å². The molecule has 0 bridgehead atoms. The first-order chi connectivity index (χ1) is 9.62. The van der Waals surface area contributed by atoms with Gasteiger partial charge in [-0.15, -0.1) is 0 Å². The fraction of sp³-hybridized carbons (Fsp3) is 0.600. The van der Waals surface area contributed by atoms with E-state index in [1.54, 1.807) is 12.1 Å². The SMILES string of the molecule is CCCc1ccc(S(=O)(=O)NCCC2CCCN2)cc1. The van der Waals surface area contributed by atoms with Gasteiger partial charge in [0, 0.05) is 12.6 Å². The average Bonchev–Trinajstić information content (AvgIpc) is 2.93. The van der Waals surface area contributed by atoms with Gasteiger partial charge < -0.3 is 5.32 Å². The van der Waals surface area contributed by atoms with Gasteiger partial charge in [-0.05, 0) is 49.9 Å². The summed E-state index contributed by atoms with van der Waals surface area (Å²) >= 11 is 0. The zero-order valence-electron chi connectivity index (χ0n) is 12.1. The molecule has 0 aromatic heterocycles. The van der Waals surface area contributed by atoms with Crippen LogP contribution in [0.2, 0.25) is 0 Å². The summed E-state index contributed by atoms with van der Waals surface area (Å²) in [6.07, 6.45) is 5.25. The Labute approximate surface area is 122 Å². The Morgan fingerprint density at radius 3 is 2.65 bits per heavy atom. The van der Waals surface area contributed by atoms with E-state index in [1.165, 1.54) is 12.0 Å². The first kappa shape index (κ1) is 15.5. The van der Waals surface area contributed by atoms with Crippen molar-refractivity contribution in [2.75, 3.05) is 13.1 Å². The summed E-state index contributed by atoms with van der Waals surface area (Å²) in [5.74, 6) is 0. The van der Waals surface area contributed by atoms with Crippen molar-refractivity contribution >= 4 is 10.0 Å². The van der Waals surface area contributed by atoms with Crippen LogP contribution in [0.3, 0.4) is 0 Å². The molecule has 1 saturated heterocycles. The lowest BCUT2D eigenvalue weighted by atomic mass is 10.1. The van der Waals surface area contributed by atoms with Crippen LogP contribution in [0.1, 0.15) is 38.2 Å². The van der Waals surface area contributed by atoms with Crippen molar-refractivity contribution in [2.24, 2.45) is 0 Å². The summed E-state index contributed by atoms with van der Waals surface area (Å²) < 4.78 is 27.0. The topological polar surface area (TPSA) is 58.2 Å². The number of hydrogen-bond acceptors (Lipinski definition) is 3. The summed E-state index contributed by atoms with van der Waals surface area (Å²) in [7, 11) is -3.36. The first-order valence-electron chi connectivity index (χ1n) is 7.44. The molecule has 1 aromatic carbocycles. The molecule has 2 N–H and O–H groups in total. The molecule has 1 aliphatic heterocycles. The second kappa shape index (κ2) is 7.20. The molecule has 0 saturated carbocycles. The van der Waals surface area contributed by atoms with Crippen LogP contribution in [0.4, 0.5) is 0 Å². The van der Waals surface area contributed by atoms with Crippen molar-refractivity contribution in [3.8, 4) is 0 Å². The van der Waals surface area contributed by atoms with Crippen LogP contribution >= 0.6 is 0 Å². The van der Waals surface area contributed by atoms with Gasteiger partial charge in [-0.1, -0.05) is 25.5 Å². The Hall–Kier alpha value is -0.910. The second-order valence-corrected chi connectivity index (χ2v) is 7.14. The monoisotopic (exact) mass is 296 g/mol. The maximum Gasteiger partial charge on any atom is 0.240 e. The number of rotatable bonds is 7. The molecule has 5 heteroatoms. The van der Waals surface area contributed by atoms with Crippen molar-refractivity contribution in [3.63, 3.8) is 0 Å². The van der Waals surface area contributed by atoms with Crippen molar-refractivity contribution in [3.05, 3.63) is 29.8 Å². The molecule has 1 aromatic rings.